The first kappa shape index (κ1) is 16.2. The molecule has 22 heavy (non-hydrogen) atoms. The van der Waals surface area contributed by atoms with Crippen molar-refractivity contribution in [2.24, 2.45) is 0 Å². The molecular formula is C17H23N3O2. The van der Waals surface area contributed by atoms with Crippen LogP contribution >= 0.6 is 0 Å². The van der Waals surface area contributed by atoms with Crippen LogP contribution in [0.15, 0.2) is 41.6 Å². The topological polar surface area (TPSA) is 58.4 Å². The molecule has 2 rings (SSSR count). The molecule has 5 heteroatoms. The second-order valence-electron chi connectivity index (χ2n) is 5.86. The maximum absolute atomic E-state index is 11.7. The minimum Gasteiger partial charge on any atom is -0.503 e. The molecule has 0 amide bonds. The van der Waals surface area contributed by atoms with Crippen LogP contribution in [0.25, 0.3) is 0 Å². The summed E-state index contributed by atoms with van der Waals surface area (Å²) in [5.74, 6) is -0.197. The Morgan fingerprint density at radius 2 is 2.00 bits per heavy atom. The van der Waals surface area contributed by atoms with Crippen LogP contribution in [0.3, 0.4) is 0 Å². The number of likely N-dealkylation sites (N-methyl/N-ethyl adjacent to an activating group) is 1. The van der Waals surface area contributed by atoms with Crippen molar-refractivity contribution < 1.29 is 5.11 Å². The minimum absolute atomic E-state index is 0.190. The molecule has 5 nitrogen and oxygen atoms in total. The molecule has 0 fully saturated rings. The van der Waals surface area contributed by atoms with Gasteiger partial charge in [0.15, 0.2) is 5.75 Å². The van der Waals surface area contributed by atoms with E-state index in [1.54, 1.807) is 12.4 Å². The molecule has 1 N–H and O–H groups in total. The number of rotatable bonds is 6. The standard InChI is InChI=1S/C17H23N3O2/c1-13(2)20-12-17(22)16(21)10-15(20)11-19(3)9-6-14-4-7-18-8-5-14/h4-5,7-8,10,12-13,22H,6,9,11H2,1-3H3. The molecule has 118 valence electrons. The summed E-state index contributed by atoms with van der Waals surface area (Å²) in [6.45, 7) is 5.62. The van der Waals surface area contributed by atoms with E-state index in [0.717, 1.165) is 18.7 Å². The quantitative estimate of drug-likeness (QED) is 0.888. The Labute approximate surface area is 130 Å². The van der Waals surface area contributed by atoms with Gasteiger partial charge in [0.1, 0.15) is 0 Å². The average Bonchev–Trinajstić information content (AvgIpc) is 2.49. The molecule has 0 aromatic carbocycles. The molecule has 0 aliphatic carbocycles. The van der Waals surface area contributed by atoms with Gasteiger partial charge in [0, 0.05) is 43.3 Å². The van der Waals surface area contributed by atoms with Gasteiger partial charge >= 0.3 is 0 Å². The van der Waals surface area contributed by atoms with Crippen molar-refractivity contribution >= 4 is 0 Å². The SMILES string of the molecule is CC(C)n1cc(O)c(=O)cc1CN(C)CCc1ccncc1. The summed E-state index contributed by atoms with van der Waals surface area (Å²) < 4.78 is 1.94. The molecule has 0 saturated heterocycles. The summed E-state index contributed by atoms with van der Waals surface area (Å²) in [5.41, 5.74) is 1.83. The Morgan fingerprint density at radius 1 is 1.32 bits per heavy atom. The van der Waals surface area contributed by atoms with Crippen LogP contribution < -0.4 is 5.43 Å². The van der Waals surface area contributed by atoms with Gasteiger partial charge in [-0.1, -0.05) is 0 Å². The van der Waals surface area contributed by atoms with E-state index in [1.165, 1.54) is 17.8 Å². The zero-order valence-corrected chi connectivity index (χ0v) is 13.4. The van der Waals surface area contributed by atoms with Crippen LogP contribution in [0.1, 0.15) is 31.1 Å². The van der Waals surface area contributed by atoms with E-state index in [-0.39, 0.29) is 17.2 Å². The molecule has 0 unspecified atom stereocenters. The first-order valence-corrected chi connectivity index (χ1v) is 7.49. The van der Waals surface area contributed by atoms with Gasteiger partial charge in [-0.2, -0.15) is 0 Å². The van der Waals surface area contributed by atoms with Crippen molar-refractivity contribution in [3.05, 3.63) is 58.3 Å². The van der Waals surface area contributed by atoms with Crippen LogP contribution in [0.4, 0.5) is 0 Å². The van der Waals surface area contributed by atoms with Crippen molar-refractivity contribution in [1.29, 1.82) is 0 Å². The highest BCUT2D eigenvalue weighted by atomic mass is 16.3. The van der Waals surface area contributed by atoms with Crippen LogP contribution in [-0.2, 0) is 13.0 Å². The van der Waals surface area contributed by atoms with E-state index in [4.69, 9.17) is 0 Å². The summed E-state index contributed by atoms with van der Waals surface area (Å²) in [5, 5.41) is 9.61. The number of hydrogen-bond acceptors (Lipinski definition) is 4. The fourth-order valence-corrected chi connectivity index (χ4v) is 2.41. The normalized spacial score (nSPS) is 11.3. The first-order valence-electron chi connectivity index (χ1n) is 7.49. The monoisotopic (exact) mass is 301 g/mol. The predicted octanol–water partition coefficient (Wildman–Crippen LogP) is 2.20. The summed E-state index contributed by atoms with van der Waals surface area (Å²) in [6, 6.07) is 5.74. The van der Waals surface area contributed by atoms with Crippen molar-refractivity contribution in [3.63, 3.8) is 0 Å². The van der Waals surface area contributed by atoms with Crippen molar-refractivity contribution in [2.45, 2.75) is 32.9 Å². The second-order valence-corrected chi connectivity index (χ2v) is 5.86. The molecule has 2 aromatic heterocycles. The predicted molar refractivity (Wildman–Crippen MR) is 87.0 cm³/mol. The highest BCUT2D eigenvalue weighted by molar-refractivity contribution is 5.21. The van der Waals surface area contributed by atoms with Crippen LogP contribution in [0.5, 0.6) is 5.75 Å². The molecule has 0 radical (unpaired) electrons. The lowest BCUT2D eigenvalue weighted by Gasteiger charge is -2.22. The van der Waals surface area contributed by atoms with Gasteiger partial charge in [-0.15, -0.1) is 0 Å². The second kappa shape index (κ2) is 7.22. The average molecular weight is 301 g/mol. The molecule has 0 atom stereocenters. The van der Waals surface area contributed by atoms with E-state index in [2.05, 4.69) is 9.88 Å². The van der Waals surface area contributed by atoms with Gasteiger partial charge in [-0.05, 0) is 45.0 Å². The number of aromatic hydroxyl groups is 1. The molecule has 0 saturated carbocycles. The third-order valence-electron chi connectivity index (χ3n) is 3.66. The first-order chi connectivity index (χ1) is 10.5. The Balaban J connectivity index is 2.06. The smallest absolute Gasteiger partial charge is 0.223 e. The van der Waals surface area contributed by atoms with Crippen molar-refractivity contribution in [1.82, 2.24) is 14.5 Å². The van der Waals surface area contributed by atoms with E-state index in [1.807, 2.05) is 37.6 Å². The minimum atomic E-state index is -0.325. The lowest BCUT2D eigenvalue weighted by Crippen LogP contribution is -2.25. The molecule has 0 aliphatic heterocycles. The van der Waals surface area contributed by atoms with Crippen LogP contribution in [-0.4, -0.2) is 33.1 Å². The van der Waals surface area contributed by atoms with Crippen molar-refractivity contribution in [3.8, 4) is 5.75 Å². The highest BCUT2D eigenvalue weighted by Gasteiger charge is 2.10. The number of hydrogen-bond donors (Lipinski definition) is 1. The maximum atomic E-state index is 11.7. The Bertz CT molecular complexity index is 665. The van der Waals surface area contributed by atoms with E-state index < -0.39 is 0 Å². The van der Waals surface area contributed by atoms with E-state index in [9.17, 15) is 9.90 Å². The Morgan fingerprint density at radius 3 is 2.64 bits per heavy atom. The highest BCUT2D eigenvalue weighted by Crippen LogP contribution is 2.14. The summed E-state index contributed by atoms with van der Waals surface area (Å²) in [4.78, 5) is 17.9. The van der Waals surface area contributed by atoms with Gasteiger partial charge in [-0.3, -0.25) is 9.78 Å². The largest absolute Gasteiger partial charge is 0.503 e. The molecule has 2 heterocycles. The van der Waals surface area contributed by atoms with Gasteiger partial charge in [0.25, 0.3) is 0 Å². The molecule has 0 spiro atoms. The Kier molecular flexibility index (Phi) is 5.33. The Hall–Kier alpha value is -2.14. The third kappa shape index (κ3) is 4.18. The number of nitrogens with zero attached hydrogens (tertiary/aromatic N) is 3. The molecule has 2 aromatic rings. The maximum Gasteiger partial charge on any atom is 0.223 e. The lowest BCUT2D eigenvalue weighted by molar-refractivity contribution is 0.315. The zero-order valence-electron chi connectivity index (χ0n) is 13.4. The third-order valence-corrected chi connectivity index (χ3v) is 3.66. The van der Waals surface area contributed by atoms with Gasteiger partial charge in [0.2, 0.25) is 5.43 Å². The zero-order chi connectivity index (χ0) is 16.1. The molecule has 0 aliphatic rings. The number of pyridine rings is 2. The molecule has 0 bridgehead atoms. The molecular weight excluding hydrogens is 278 g/mol. The van der Waals surface area contributed by atoms with Crippen molar-refractivity contribution in [2.75, 3.05) is 13.6 Å². The van der Waals surface area contributed by atoms with E-state index >= 15 is 0 Å². The van der Waals surface area contributed by atoms with Gasteiger partial charge < -0.3 is 14.6 Å². The van der Waals surface area contributed by atoms with Crippen LogP contribution in [0.2, 0.25) is 0 Å². The van der Waals surface area contributed by atoms with Crippen LogP contribution in [0, 0.1) is 0 Å². The summed E-state index contributed by atoms with van der Waals surface area (Å²) in [7, 11) is 2.03. The van der Waals surface area contributed by atoms with E-state index in [0.29, 0.717) is 6.54 Å². The fraction of sp³-hybridized carbons (Fsp3) is 0.412. The lowest BCUT2D eigenvalue weighted by atomic mass is 10.2. The summed E-state index contributed by atoms with van der Waals surface area (Å²) >= 11 is 0. The van der Waals surface area contributed by atoms with Gasteiger partial charge in [-0.25, -0.2) is 0 Å². The number of aromatic nitrogens is 2. The fourth-order valence-electron chi connectivity index (χ4n) is 2.41. The van der Waals surface area contributed by atoms with Gasteiger partial charge in [0.05, 0.1) is 6.20 Å². The summed E-state index contributed by atoms with van der Waals surface area (Å²) in [6.07, 6.45) is 6.06.